The van der Waals surface area contributed by atoms with Gasteiger partial charge in [-0.05, 0) is 53.5 Å². The Hall–Kier alpha value is -2.84. The first kappa shape index (κ1) is 29.4. The Bertz CT molecular complexity index is 1070. The van der Waals surface area contributed by atoms with Gasteiger partial charge in [-0.1, -0.05) is 0 Å². The summed E-state index contributed by atoms with van der Waals surface area (Å²) in [5.41, 5.74) is -2.18. The number of benzene rings is 1. The Morgan fingerprint density at radius 3 is 2.53 bits per heavy atom. The number of fused-ring (bicyclic) bond motifs is 1. The third kappa shape index (κ3) is 8.10. The highest BCUT2D eigenvalue weighted by molar-refractivity contribution is 7.91. The summed E-state index contributed by atoms with van der Waals surface area (Å²) in [5, 5.41) is 9.42. The number of hydrogen-bond acceptors (Lipinski definition) is 9. The van der Waals surface area contributed by atoms with E-state index in [9.17, 15) is 23.1 Å². The molecule has 0 aromatic heterocycles. The maximum atomic E-state index is 15.9. The van der Waals surface area contributed by atoms with E-state index in [0.29, 0.717) is 18.4 Å². The van der Waals surface area contributed by atoms with Crippen LogP contribution < -0.4 is 18.5 Å². The molecule has 1 aliphatic rings. The molecule has 1 aliphatic heterocycles. The Kier molecular flexibility index (Phi) is 9.37. The average Bonchev–Trinajstić information content (AvgIpc) is 2.70. The van der Waals surface area contributed by atoms with Crippen molar-refractivity contribution >= 4 is 28.0 Å². The number of hydrogen-bond donors (Lipinski definition) is 2. The Balaban J connectivity index is 2.58. The van der Waals surface area contributed by atoms with Gasteiger partial charge in [0.1, 0.15) is 23.4 Å². The second-order valence-electron chi connectivity index (χ2n) is 9.56. The highest BCUT2D eigenvalue weighted by Gasteiger charge is 2.38. The van der Waals surface area contributed by atoms with Gasteiger partial charge in [-0.3, -0.25) is 4.79 Å². The molecule has 0 fully saturated rings. The summed E-state index contributed by atoms with van der Waals surface area (Å²) in [5.74, 6) is -3.34. The molecule has 1 aromatic carbocycles. The van der Waals surface area contributed by atoms with Crippen LogP contribution in [0.15, 0.2) is 6.07 Å². The summed E-state index contributed by atoms with van der Waals surface area (Å²) >= 11 is 0. The number of rotatable bonds is 11. The molecule has 36 heavy (non-hydrogen) atoms. The summed E-state index contributed by atoms with van der Waals surface area (Å²) in [6.45, 7) is 6.71. The Labute approximate surface area is 209 Å². The molecule has 204 valence electrons. The van der Waals surface area contributed by atoms with Crippen LogP contribution in [0.1, 0.15) is 46.6 Å². The van der Waals surface area contributed by atoms with Gasteiger partial charge in [0.05, 0.1) is 13.2 Å². The van der Waals surface area contributed by atoms with Gasteiger partial charge in [-0.15, -0.1) is 0 Å². The average molecular weight is 537 g/mol. The van der Waals surface area contributed by atoms with E-state index in [1.165, 1.54) is 33.9 Å². The number of nitrogens with one attached hydrogen (secondary N) is 1. The standard InChI is InChI=1S/C22H33FN2O10S/c1-21(2,3)35-20(28)24-36(29,30)25(12-16(26)27)18-15(33-13-32-10-9-31-6)11-14-7-8-22(4,5)34-19(14)17(18)23/h11H,7-10,12-13H2,1-6H3,(H,24,28)(H,26,27). The van der Waals surface area contributed by atoms with E-state index in [-0.39, 0.29) is 29.0 Å². The van der Waals surface area contributed by atoms with Crippen LogP contribution in [0, 0.1) is 5.82 Å². The van der Waals surface area contributed by atoms with Crippen molar-refractivity contribution in [3.8, 4) is 11.5 Å². The maximum absolute atomic E-state index is 15.9. The largest absolute Gasteiger partial charge is 0.484 e. The van der Waals surface area contributed by atoms with E-state index in [1.807, 2.05) is 0 Å². The second kappa shape index (κ2) is 11.5. The van der Waals surface area contributed by atoms with E-state index < -0.39 is 58.3 Å². The van der Waals surface area contributed by atoms with Gasteiger partial charge in [0.25, 0.3) is 0 Å². The lowest BCUT2D eigenvalue weighted by Gasteiger charge is -2.34. The number of carboxylic acids is 1. The van der Waals surface area contributed by atoms with Crippen molar-refractivity contribution in [3.05, 3.63) is 17.4 Å². The normalized spacial score (nSPS) is 14.9. The number of ether oxygens (including phenoxy) is 5. The highest BCUT2D eigenvalue weighted by Crippen LogP contribution is 2.45. The first-order chi connectivity index (χ1) is 16.6. The van der Waals surface area contributed by atoms with E-state index >= 15 is 4.39 Å². The number of carbonyl (C=O) groups excluding carboxylic acids is 1. The zero-order valence-electron chi connectivity index (χ0n) is 21.2. The van der Waals surface area contributed by atoms with Gasteiger partial charge in [0.15, 0.2) is 24.1 Å². The Morgan fingerprint density at radius 1 is 1.28 bits per heavy atom. The lowest BCUT2D eigenvalue weighted by molar-refractivity contribution is -0.135. The number of carboxylic acid groups (broad SMARTS) is 1. The molecule has 1 aromatic rings. The van der Waals surface area contributed by atoms with Gasteiger partial charge in [-0.2, -0.15) is 8.42 Å². The molecule has 2 N–H and O–H groups in total. The van der Waals surface area contributed by atoms with Crippen LogP contribution in [0.5, 0.6) is 11.5 Å². The summed E-state index contributed by atoms with van der Waals surface area (Å²) in [4.78, 5) is 23.8. The molecule has 0 saturated carbocycles. The number of methoxy groups -OCH3 is 1. The molecule has 14 heteroatoms. The smallest absolute Gasteiger partial charge is 0.422 e. The number of nitrogens with zero attached hydrogens (tertiary/aromatic N) is 1. The number of amides is 1. The Morgan fingerprint density at radius 2 is 1.94 bits per heavy atom. The number of aryl methyl sites for hydroxylation is 1. The SMILES string of the molecule is COCCOCOc1cc2c(c(F)c1N(CC(=O)O)S(=O)(=O)NC(=O)OC(C)(C)C)OC(C)(C)CC2. The fourth-order valence-corrected chi connectivity index (χ4v) is 4.28. The summed E-state index contributed by atoms with van der Waals surface area (Å²) in [6, 6.07) is 1.36. The number of halogens is 1. The topological polar surface area (TPSA) is 150 Å². The summed E-state index contributed by atoms with van der Waals surface area (Å²) in [7, 11) is -3.52. The molecule has 0 unspecified atom stereocenters. The van der Waals surface area contributed by atoms with Gasteiger partial charge in [-0.25, -0.2) is 18.2 Å². The number of anilines is 1. The molecular formula is C22H33FN2O10S. The lowest BCUT2D eigenvalue weighted by Crippen LogP contribution is -2.48. The minimum atomic E-state index is -4.99. The van der Waals surface area contributed by atoms with E-state index in [0.717, 1.165) is 0 Å². The third-order valence-corrected chi connectivity index (χ3v) is 6.09. The van der Waals surface area contributed by atoms with Gasteiger partial charge in [0, 0.05) is 12.7 Å². The number of carbonyl (C=O) groups is 2. The van der Waals surface area contributed by atoms with Crippen molar-refractivity contribution in [3.63, 3.8) is 0 Å². The van der Waals surface area contributed by atoms with Crippen LogP contribution in [0.2, 0.25) is 0 Å². The van der Waals surface area contributed by atoms with E-state index in [2.05, 4.69) is 0 Å². The highest BCUT2D eigenvalue weighted by atomic mass is 32.2. The van der Waals surface area contributed by atoms with Crippen molar-refractivity contribution in [1.82, 2.24) is 4.72 Å². The van der Waals surface area contributed by atoms with Crippen LogP contribution in [0.4, 0.5) is 14.9 Å². The summed E-state index contributed by atoms with van der Waals surface area (Å²) < 4.78 is 70.3. The van der Waals surface area contributed by atoms with Crippen molar-refractivity contribution in [2.75, 3.05) is 38.0 Å². The van der Waals surface area contributed by atoms with Crippen molar-refractivity contribution in [2.24, 2.45) is 0 Å². The number of aliphatic carboxylic acids is 1. The molecule has 1 amide bonds. The lowest BCUT2D eigenvalue weighted by atomic mass is 9.93. The quantitative estimate of drug-likeness (QED) is 0.319. The molecule has 12 nitrogen and oxygen atoms in total. The predicted octanol–water partition coefficient (Wildman–Crippen LogP) is 2.59. The van der Waals surface area contributed by atoms with E-state index in [1.54, 1.807) is 18.6 Å². The zero-order chi connectivity index (χ0) is 27.3. The first-order valence-electron chi connectivity index (χ1n) is 11.1. The summed E-state index contributed by atoms with van der Waals surface area (Å²) in [6.07, 6.45) is -0.443. The van der Waals surface area contributed by atoms with Crippen LogP contribution in [0.25, 0.3) is 0 Å². The van der Waals surface area contributed by atoms with Crippen LogP contribution in [0.3, 0.4) is 0 Å². The minimum Gasteiger partial charge on any atom is -0.484 e. The van der Waals surface area contributed by atoms with Crippen LogP contribution >= 0.6 is 0 Å². The fourth-order valence-electron chi connectivity index (χ4n) is 3.22. The van der Waals surface area contributed by atoms with Crippen molar-refractivity contribution in [2.45, 2.75) is 58.7 Å². The first-order valence-corrected chi connectivity index (χ1v) is 12.5. The molecule has 0 aliphatic carbocycles. The molecular weight excluding hydrogens is 503 g/mol. The van der Waals surface area contributed by atoms with Gasteiger partial charge in [0.2, 0.25) is 0 Å². The molecule has 0 spiro atoms. The van der Waals surface area contributed by atoms with Crippen molar-refractivity contribution < 1.29 is 51.2 Å². The molecule has 1 heterocycles. The molecule has 0 atom stereocenters. The monoisotopic (exact) mass is 536 g/mol. The van der Waals surface area contributed by atoms with E-state index in [4.69, 9.17) is 23.7 Å². The maximum Gasteiger partial charge on any atom is 0.422 e. The predicted molar refractivity (Wildman–Crippen MR) is 126 cm³/mol. The minimum absolute atomic E-state index is 0.133. The zero-order valence-corrected chi connectivity index (χ0v) is 22.0. The fraction of sp³-hybridized carbons (Fsp3) is 0.636. The van der Waals surface area contributed by atoms with Gasteiger partial charge >= 0.3 is 22.3 Å². The molecule has 2 rings (SSSR count). The second-order valence-corrected chi connectivity index (χ2v) is 11.2. The molecule has 0 bridgehead atoms. The molecule has 0 saturated heterocycles. The molecule has 0 radical (unpaired) electrons. The van der Waals surface area contributed by atoms with Gasteiger partial charge < -0.3 is 28.8 Å². The third-order valence-electron chi connectivity index (χ3n) is 4.77. The van der Waals surface area contributed by atoms with Crippen LogP contribution in [-0.2, 0) is 35.6 Å². The van der Waals surface area contributed by atoms with Crippen LogP contribution in [-0.4, -0.2) is 70.5 Å². The van der Waals surface area contributed by atoms with Crippen molar-refractivity contribution in [1.29, 1.82) is 0 Å².